The van der Waals surface area contributed by atoms with Crippen LogP contribution in [0.25, 0.3) is 0 Å². The molecule has 4 nitrogen and oxygen atoms in total. The number of imidazole rings is 1. The minimum Gasteiger partial charge on any atom is -0.487 e. The quantitative estimate of drug-likeness (QED) is 0.857. The van der Waals surface area contributed by atoms with Crippen LogP contribution in [-0.4, -0.2) is 15.3 Å². The molecule has 1 aliphatic carbocycles. The monoisotopic (exact) mass is 270 g/mol. The number of ketones is 1. The van der Waals surface area contributed by atoms with Gasteiger partial charge in [0.1, 0.15) is 12.4 Å². The maximum atomic E-state index is 11.9. The molecule has 0 bridgehead atoms. The third-order valence-corrected chi connectivity index (χ3v) is 3.76. The zero-order valence-electron chi connectivity index (χ0n) is 11.6. The molecule has 0 atom stereocenters. The summed E-state index contributed by atoms with van der Waals surface area (Å²) < 4.78 is 7.84. The van der Waals surface area contributed by atoms with Crippen LogP contribution >= 0.6 is 0 Å². The number of aromatic nitrogens is 2. The summed E-state index contributed by atoms with van der Waals surface area (Å²) in [6.07, 6.45) is 6.22. The Morgan fingerprint density at radius 2 is 2.25 bits per heavy atom. The van der Waals surface area contributed by atoms with Crippen molar-refractivity contribution in [3.8, 4) is 5.75 Å². The van der Waals surface area contributed by atoms with E-state index in [9.17, 15) is 4.79 Å². The molecule has 0 unspecified atom stereocenters. The number of Topliss-reactive ketones (excluding diaryl/α,β-unsaturated/α-hetero) is 1. The van der Waals surface area contributed by atoms with Crippen LogP contribution in [0, 0.1) is 0 Å². The molecule has 1 heterocycles. The molecular formula is C16H18N2O2. The summed E-state index contributed by atoms with van der Waals surface area (Å²) in [5, 5.41) is 0. The zero-order chi connectivity index (χ0) is 13.9. The average molecular weight is 270 g/mol. The fourth-order valence-corrected chi connectivity index (χ4v) is 2.61. The van der Waals surface area contributed by atoms with Crippen molar-refractivity contribution in [3.05, 3.63) is 47.5 Å². The molecule has 20 heavy (non-hydrogen) atoms. The molecule has 104 valence electrons. The van der Waals surface area contributed by atoms with Crippen LogP contribution in [0.5, 0.6) is 5.75 Å². The van der Waals surface area contributed by atoms with Crippen LogP contribution in [0.15, 0.2) is 30.7 Å². The number of rotatable bonds is 4. The molecule has 0 fully saturated rings. The smallest absolute Gasteiger partial charge is 0.163 e. The lowest BCUT2D eigenvalue weighted by Crippen LogP contribution is -2.11. The predicted octanol–water partition coefficient (Wildman–Crippen LogP) is 3.00. The van der Waals surface area contributed by atoms with Gasteiger partial charge in [-0.2, -0.15) is 0 Å². The molecular weight excluding hydrogens is 252 g/mol. The highest BCUT2D eigenvalue weighted by Crippen LogP contribution is 2.25. The highest BCUT2D eigenvalue weighted by molar-refractivity contribution is 5.98. The van der Waals surface area contributed by atoms with Gasteiger partial charge in [-0.1, -0.05) is 6.07 Å². The summed E-state index contributed by atoms with van der Waals surface area (Å²) in [7, 11) is 0. The molecule has 0 radical (unpaired) electrons. The van der Waals surface area contributed by atoms with Gasteiger partial charge in [0.05, 0.1) is 18.2 Å². The van der Waals surface area contributed by atoms with Gasteiger partial charge in [0, 0.05) is 18.5 Å². The van der Waals surface area contributed by atoms with Crippen molar-refractivity contribution in [2.24, 2.45) is 0 Å². The van der Waals surface area contributed by atoms with Gasteiger partial charge in [0.2, 0.25) is 0 Å². The second-order valence-corrected chi connectivity index (χ2v) is 5.06. The highest BCUT2D eigenvalue weighted by Gasteiger charge is 2.17. The van der Waals surface area contributed by atoms with E-state index in [0.717, 1.165) is 42.0 Å². The second kappa shape index (κ2) is 5.49. The van der Waals surface area contributed by atoms with Crippen molar-refractivity contribution < 1.29 is 9.53 Å². The first kappa shape index (κ1) is 12.9. The Bertz CT molecular complexity index is 631. The molecule has 4 heteroatoms. The molecule has 0 spiro atoms. The largest absolute Gasteiger partial charge is 0.487 e. The first-order valence-electron chi connectivity index (χ1n) is 7.06. The van der Waals surface area contributed by atoms with Gasteiger partial charge in [-0.05, 0) is 37.5 Å². The molecule has 2 aromatic rings. The van der Waals surface area contributed by atoms with Gasteiger partial charge in [-0.15, -0.1) is 0 Å². The van der Waals surface area contributed by atoms with E-state index in [2.05, 4.69) is 11.9 Å². The number of aryl methyl sites for hydroxylation is 2. The van der Waals surface area contributed by atoms with Crippen LogP contribution in [0.3, 0.4) is 0 Å². The Kier molecular flexibility index (Phi) is 3.54. The zero-order valence-corrected chi connectivity index (χ0v) is 11.6. The van der Waals surface area contributed by atoms with Crippen molar-refractivity contribution in [2.45, 2.75) is 39.3 Å². The summed E-state index contributed by atoms with van der Waals surface area (Å²) in [6.45, 7) is 3.42. The summed E-state index contributed by atoms with van der Waals surface area (Å²) in [5.41, 5.74) is 3.02. The fourth-order valence-electron chi connectivity index (χ4n) is 2.61. The standard InChI is InChI=1S/C16H18N2O2/c1-2-18-11-17-9-13(18)10-20-14-7-6-12-4-3-5-16(19)15(12)8-14/h6-9,11H,2-5,10H2,1H3. The van der Waals surface area contributed by atoms with Gasteiger partial charge >= 0.3 is 0 Å². The molecule has 3 rings (SSSR count). The highest BCUT2D eigenvalue weighted by atomic mass is 16.5. The maximum absolute atomic E-state index is 11.9. The number of ether oxygens (including phenoxy) is 1. The summed E-state index contributed by atoms with van der Waals surface area (Å²) >= 11 is 0. The normalized spacial score (nSPS) is 14.2. The molecule has 1 aromatic carbocycles. The van der Waals surface area contributed by atoms with Crippen LogP contribution < -0.4 is 4.74 Å². The molecule has 0 saturated heterocycles. The van der Waals surface area contributed by atoms with E-state index in [4.69, 9.17) is 4.74 Å². The molecule has 0 N–H and O–H groups in total. The molecule has 1 aliphatic rings. The number of carbonyl (C=O) groups is 1. The Morgan fingerprint density at radius 1 is 1.35 bits per heavy atom. The summed E-state index contributed by atoms with van der Waals surface area (Å²) in [6, 6.07) is 5.84. The maximum Gasteiger partial charge on any atom is 0.163 e. The van der Waals surface area contributed by atoms with E-state index in [-0.39, 0.29) is 5.78 Å². The summed E-state index contributed by atoms with van der Waals surface area (Å²) in [4.78, 5) is 16.0. The van der Waals surface area contributed by atoms with E-state index in [1.165, 1.54) is 0 Å². The van der Waals surface area contributed by atoms with E-state index in [1.54, 1.807) is 6.33 Å². The third-order valence-electron chi connectivity index (χ3n) is 3.76. The molecule has 0 amide bonds. The number of carbonyl (C=O) groups excluding carboxylic acids is 1. The summed E-state index contributed by atoms with van der Waals surface area (Å²) in [5.74, 6) is 0.984. The SMILES string of the molecule is CCn1cncc1COc1ccc2c(c1)C(=O)CCC2. The van der Waals surface area contributed by atoms with Gasteiger partial charge in [-0.3, -0.25) is 4.79 Å². The number of hydrogen-bond donors (Lipinski definition) is 0. The third kappa shape index (κ3) is 2.46. The van der Waals surface area contributed by atoms with E-state index < -0.39 is 0 Å². The van der Waals surface area contributed by atoms with Crippen molar-refractivity contribution >= 4 is 5.78 Å². The van der Waals surface area contributed by atoms with Crippen molar-refractivity contribution in [3.63, 3.8) is 0 Å². The van der Waals surface area contributed by atoms with Crippen LogP contribution in [0.1, 0.15) is 41.4 Å². The predicted molar refractivity (Wildman–Crippen MR) is 75.9 cm³/mol. The lowest BCUT2D eigenvalue weighted by atomic mass is 9.90. The Hall–Kier alpha value is -2.10. The van der Waals surface area contributed by atoms with Crippen molar-refractivity contribution in [1.82, 2.24) is 9.55 Å². The lowest BCUT2D eigenvalue weighted by Gasteiger charge is -2.16. The minimum atomic E-state index is 0.232. The Morgan fingerprint density at radius 3 is 3.10 bits per heavy atom. The van der Waals surface area contributed by atoms with Gasteiger partial charge < -0.3 is 9.30 Å². The Balaban J connectivity index is 1.75. The molecule has 1 aromatic heterocycles. The topological polar surface area (TPSA) is 44.1 Å². The number of fused-ring (bicyclic) bond motifs is 1. The van der Waals surface area contributed by atoms with Crippen LogP contribution in [0.4, 0.5) is 0 Å². The minimum absolute atomic E-state index is 0.232. The van der Waals surface area contributed by atoms with Crippen LogP contribution in [0.2, 0.25) is 0 Å². The second-order valence-electron chi connectivity index (χ2n) is 5.06. The van der Waals surface area contributed by atoms with E-state index >= 15 is 0 Å². The van der Waals surface area contributed by atoms with E-state index in [1.807, 2.05) is 29.0 Å². The number of nitrogens with zero attached hydrogens (tertiary/aromatic N) is 2. The number of benzene rings is 1. The van der Waals surface area contributed by atoms with Gasteiger partial charge in [-0.25, -0.2) is 4.98 Å². The first-order valence-corrected chi connectivity index (χ1v) is 7.06. The number of hydrogen-bond acceptors (Lipinski definition) is 3. The van der Waals surface area contributed by atoms with Crippen molar-refractivity contribution in [2.75, 3.05) is 0 Å². The van der Waals surface area contributed by atoms with E-state index in [0.29, 0.717) is 13.0 Å². The average Bonchev–Trinajstić information content (AvgIpc) is 2.93. The van der Waals surface area contributed by atoms with Crippen LogP contribution in [-0.2, 0) is 19.6 Å². The van der Waals surface area contributed by atoms with Gasteiger partial charge in [0.25, 0.3) is 0 Å². The van der Waals surface area contributed by atoms with Crippen molar-refractivity contribution in [1.29, 1.82) is 0 Å². The van der Waals surface area contributed by atoms with Gasteiger partial charge in [0.15, 0.2) is 5.78 Å². The molecule has 0 aliphatic heterocycles. The lowest BCUT2D eigenvalue weighted by molar-refractivity contribution is 0.0972. The fraction of sp³-hybridized carbons (Fsp3) is 0.375. The Labute approximate surface area is 118 Å². The molecule has 0 saturated carbocycles. The first-order chi connectivity index (χ1) is 9.78.